The Morgan fingerprint density at radius 1 is 1.29 bits per heavy atom. The fourth-order valence-corrected chi connectivity index (χ4v) is 3.69. The summed E-state index contributed by atoms with van der Waals surface area (Å²) in [6.45, 7) is 6.08. The molecule has 2 saturated heterocycles. The smallest absolute Gasteiger partial charge is 0.340 e. The van der Waals surface area contributed by atoms with Crippen molar-refractivity contribution in [3.8, 4) is 0 Å². The van der Waals surface area contributed by atoms with Gasteiger partial charge >= 0.3 is 6.18 Å². The maximum Gasteiger partial charge on any atom is 0.455 e. The summed E-state index contributed by atoms with van der Waals surface area (Å²) in [5.41, 5.74) is -0.421. The molecule has 0 radical (unpaired) electrons. The van der Waals surface area contributed by atoms with Crippen molar-refractivity contribution in [3.05, 3.63) is 11.7 Å². The minimum absolute atomic E-state index is 0.0663. The Balaban J connectivity index is 1.67. The molecule has 0 unspecified atom stereocenters. The lowest BCUT2D eigenvalue weighted by Crippen LogP contribution is -2.52. The summed E-state index contributed by atoms with van der Waals surface area (Å²) >= 11 is 0. The fraction of sp³-hybridized carbons (Fsp3) is 0.800. The number of hydrogen-bond acceptors (Lipinski definition) is 5. The quantitative estimate of drug-likeness (QED) is 0.840. The number of alkyl halides is 3. The van der Waals surface area contributed by atoms with E-state index in [1.54, 1.807) is 0 Å². The number of aromatic nitrogens is 2. The normalized spacial score (nSPS) is 26.1. The van der Waals surface area contributed by atoms with E-state index in [2.05, 4.69) is 10.1 Å². The number of carbonyl (C=O) groups is 1. The standard InChI is InChI=1S/C15H21F3N4O2/c1-10(2)22-6-3-4-14(13(22)23)5-7-21(9-14)8-11-19-12(20-24-11)15(16,17)18/h10H,3-9H2,1-2H3/t14-/m1/s1. The van der Waals surface area contributed by atoms with Crippen molar-refractivity contribution < 1.29 is 22.5 Å². The van der Waals surface area contributed by atoms with Crippen molar-refractivity contribution >= 4 is 5.91 Å². The minimum Gasteiger partial charge on any atom is -0.340 e. The van der Waals surface area contributed by atoms with Crippen LogP contribution in [0.15, 0.2) is 4.52 Å². The van der Waals surface area contributed by atoms with Gasteiger partial charge in [-0.3, -0.25) is 9.69 Å². The van der Waals surface area contributed by atoms with Crippen molar-refractivity contribution in [1.82, 2.24) is 19.9 Å². The van der Waals surface area contributed by atoms with E-state index >= 15 is 0 Å². The first-order valence-electron chi connectivity index (χ1n) is 8.14. The van der Waals surface area contributed by atoms with Crippen LogP contribution in [0.25, 0.3) is 0 Å². The fourth-order valence-electron chi connectivity index (χ4n) is 3.69. The summed E-state index contributed by atoms with van der Waals surface area (Å²) in [4.78, 5) is 20.1. The topological polar surface area (TPSA) is 62.5 Å². The maximum absolute atomic E-state index is 12.8. The Hall–Kier alpha value is -1.64. The Bertz CT molecular complexity index is 616. The molecule has 0 aromatic carbocycles. The van der Waals surface area contributed by atoms with Crippen LogP contribution >= 0.6 is 0 Å². The zero-order valence-corrected chi connectivity index (χ0v) is 13.8. The van der Waals surface area contributed by atoms with E-state index < -0.39 is 17.4 Å². The highest BCUT2D eigenvalue weighted by molar-refractivity contribution is 5.84. The van der Waals surface area contributed by atoms with Crippen LogP contribution in [0.2, 0.25) is 0 Å². The highest BCUT2D eigenvalue weighted by Crippen LogP contribution is 2.41. The van der Waals surface area contributed by atoms with Crippen LogP contribution in [0, 0.1) is 5.41 Å². The molecule has 0 N–H and O–H groups in total. The van der Waals surface area contributed by atoms with E-state index in [1.165, 1.54) is 0 Å². The van der Waals surface area contributed by atoms with Gasteiger partial charge in [0.1, 0.15) is 0 Å². The lowest BCUT2D eigenvalue weighted by Gasteiger charge is -2.41. The molecule has 0 aliphatic carbocycles. The van der Waals surface area contributed by atoms with Gasteiger partial charge in [-0.05, 0) is 39.7 Å². The number of amides is 1. The van der Waals surface area contributed by atoms with Crippen molar-refractivity contribution in [1.29, 1.82) is 0 Å². The maximum atomic E-state index is 12.8. The molecule has 1 spiro atoms. The van der Waals surface area contributed by atoms with Crippen molar-refractivity contribution in [2.75, 3.05) is 19.6 Å². The molecule has 134 valence electrons. The second-order valence-corrected chi connectivity index (χ2v) is 6.95. The predicted molar refractivity (Wildman–Crippen MR) is 77.7 cm³/mol. The Morgan fingerprint density at radius 2 is 2.04 bits per heavy atom. The van der Waals surface area contributed by atoms with E-state index in [1.807, 2.05) is 23.6 Å². The molecule has 0 bridgehead atoms. The summed E-state index contributed by atoms with van der Waals surface area (Å²) in [5, 5.41) is 2.97. The van der Waals surface area contributed by atoms with Crippen LogP contribution in [0.3, 0.4) is 0 Å². The average Bonchev–Trinajstić information content (AvgIpc) is 3.10. The largest absolute Gasteiger partial charge is 0.455 e. The van der Waals surface area contributed by atoms with Crippen LogP contribution in [-0.2, 0) is 17.5 Å². The van der Waals surface area contributed by atoms with Gasteiger partial charge in [0.2, 0.25) is 11.8 Å². The molecule has 3 heterocycles. The number of hydrogen-bond donors (Lipinski definition) is 0. The zero-order chi connectivity index (χ0) is 17.5. The number of halogens is 3. The van der Waals surface area contributed by atoms with E-state index in [-0.39, 0.29) is 24.4 Å². The molecule has 24 heavy (non-hydrogen) atoms. The van der Waals surface area contributed by atoms with E-state index in [0.717, 1.165) is 25.8 Å². The third-order valence-corrected chi connectivity index (χ3v) is 4.91. The SMILES string of the molecule is CC(C)N1CCC[C@]2(CCN(Cc3nc(C(F)(F)F)no3)C2)C1=O. The highest BCUT2D eigenvalue weighted by atomic mass is 19.4. The van der Waals surface area contributed by atoms with Gasteiger partial charge in [0, 0.05) is 19.1 Å². The minimum atomic E-state index is -4.61. The molecular weight excluding hydrogens is 325 g/mol. The predicted octanol–water partition coefficient (Wildman–Crippen LogP) is 2.31. The van der Waals surface area contributed by atoms with Crippen LogP contribution in [0.5, 0.6) is 0 Å². The second-order valence-electron chi connectivity index (χ2n) is 6.95. The molecule has 1 aromatic heterocycles. The molecule has 2 fully saturated rings. The van der Waals surface area contributed by atoms with Crippen LogP contribution in [0.4, 0.5) is 13.2 Å². The summed E-state index contributed by atoms with van der Waals surface area (Å²) in [7, 11) is 0. The summed E-state index contributed by atoms with van der Waals surface area (Å²) in [5.74, 6) is -1.16. The molecule has 9 heteroatoms. The lowest BCUT2D eigenvalue weighted by atomic mass is 9.78. The van der Waals surface area contributed by atoms with Gasteiger partial charge in [0.25, 0.3) is 5.82 Å². The van der Waals surface area contributed by atoms with Gasteiger partial charge in [0.05, 0.1) is 12.0 Å². The third-order valence-electron chi connectivity index (χ3n) is 4.91. The monoisotopic (exact) mass is 346 g/mol. The summed E-state index contributed by atoms with van der Waals surface area (Å²) < 4.78 is 42.3. The number of piperidine rings is 1. The number of carbonyl (C=O) groups excluding carboxylic acids is 1. The highest BCUT2D eigenvalue weighted by Gasteiger charge is 2.49. The third kappa shape index (κ3) is 3.13. The van der Waals surface area contributed by atoms with Gasteiger partial charge in [-0.1, -0.05) is 5.16 Å². The van der Waals surface area contributed by atoms with Crippen LogP contribution in [-0.4, -0.2) is 51.5 Å². The molecule has 6 nitrogen and oxygen atoms in total. The van der Waals surface area contributed by atoms with Gasteiger partial charge in [-0.25, -0.2) is 0 Å². The molecule has 1 atom stereocenters. The van der Waals surface area contributed by atoms with Crippen molar-refractivity contribution in [2.24, 2.45) is 5.41 Å². The molecular formula is C15H21F3N4O2. The number of nitrogens with zero attached hydrogens (tertiary/aromatic N) is 4. The molecule has 1 aromatic rings. The molecule has 3 rings (SSSR count). The first-order chi connectivity index (χ1) is 11.2. The average molecular weight is 346 g/mol. The second kappa shape index (κ2) is 6.02. The number of rotatable bonds is 3. The summed E-state index contributed by atoms with van der Waals surface area (Å²) in [6, 6.07) is 0.161. The Morgan fingerprint density at radius 3 is 2.67 bits per heavy atom. The summed E-state index contributed by atoms with van der Waals surface area (Å²) in [6.07, 6.45) is -2.11. The molecule has 1 amide bonds. The van der Waals surface area contributed by atoms with Crippen LogP contribution in [0.1, 0.15) is 44.8 Å². The first kappa shape index (κ1) is 17.2. The van der Waals surface area contributed by atoms with Gasteiger partial charge in [-0.15, -0.1) is 0 Å². The number of likely N-dealkylation sites (tertiary alicyclic amines) is 2. The van der Waals surface area contributed by atoms with Crippen molar-refractivity contribution in [3.63, 3.8) is 0 Å². The van der Waals surface area contributed by atoms with E-state index in [9.17, 15) is 18.0 Å². The van der Waals surface area contributed by atoms with Crippen LogP contribution < -0.4 is 0 Å². The van der Waals surface area contributed by atoms with Gasteiger partial charge in [0.15, 0.2) is 0 Å². The van der Waals surface area contributed by atoms with Gasteiger partial charge in [-0.2, -0.15) is 18.2 Å². The zero-order valence-electron chi connectivity index (χ0n) is 13.8. The Kier molecular flexibility index (Phi) is 4.31. The lowest BCUT2D eigenvalue weighted by molar-refractivity contribution is -0.147. The van der Waals surface area contributed by atoms with Crippen molar-refractivity contribution in [2.45, 2.75) is 51.9 Å². The van der Waals surface area contributed by atoms with Gasteiger partial charge < -0.3 is 9.42 Å². The first-order valence-corrected chi connectivity index (χ1v) is 8.14. The molecule has 2 aliphatic heterocycles. The molecule has 0 saturated carbocycles. The molecule has 2 aliphatic rings. The van der Waals surface area contributed by atoms with E-state index in [0.29, 0.717) is 13.1 Å². The van der Waals surface area contributed by atoms with E-state index in [4.69, 9.17) is 4.52 Å². The Labute approximate surface area is 138 Å².